The highest BCUT2D eigenvalue weighted by Gasteiger charge is 2.12. The monoisotopic (exact) mass is 342 g/mol. The lowest BCUT2D eigenvalue weighted by molar-refractivity contribution is -0.137. The molecule has 0 saturated heterocycles. The normalized spacial score (nSPS) is 10.8. The molecule has 128 valence electrons. The summed E-state index contributed by atoms with van der Waals surface area (Å²) in [5.41, 5.74) is 0.599. The lowest BCUT2D eigenvalue weighted by Gasteiger charge is -2.07. The predicted octanol–water partition coefficient (Wildman–Crippen LogP) is 1.42. The van der Waals surface area contributed by atoms with Crippen LogP contribution in [-0.4, -0.2) is 31.7 Å². The first-order chi connectivity index (χ1) is 11.9. The molecule has 25 heavy (non-hydrogen) atoms. The van der Waals surface area contributed by atoms with Gasteiger partial charge in [-0.1, -0.05) is 5.16 Å². The van der Waals surface area contributed by atoms with Crippen molar-refractivity contribution in [1.29, 1.82) is 0 Å². The minimum absolute atomic E-state index is 0.0198. The van der Waals surface area contributed by atoms with Crippen molar-refractivity contribution in [3.8, 4) is 0 Å². The van der Waals surface area contributed by atoms with Crippen molar-refractivity contribution >= 4 is 28.5 Å². The van der Waals surface area contributed by atoms with Crippen LogP contribution in [-0.2, 0) is 11.3 Å². The van der Waals surface area contributed by atoms with Crippen LogP contribution >= 0.6 is 0 Å². The molecule has 1 aromatic carbocycles. The summed E-state index contributed by atoms with van der Waals surface area (Å²) in [5.74, 6) is -0.962. The number of hydrogen-bond acceptors (Lipinski definition) is 6. The molecule has 1 amide bonds. The van der Waals surface area contributed by atoms with Crippen molar-refractivity contribution in [3.63, 3.8) is 0 Å². The molecule has 0 aliphatic heterocycles. The lowest BCUT2D eigenvalue weighted by atomic mass is 10.2. The average molecular weight is 342 g/mol. The number of benzene rings is 1. The van der Waals surface area contributed by atoms with E-state index in [-0.39, 0.29) is 29.6 Å². The number of carbonyl (C=O) groups excluding carboxylic acids is 1. The molecular formula is C16H14N4O5. The summed E-state index contributed by atoms with van der Waals surface area (Å²) in [6.45, 7) is 1.69. The Kier molecular flexibility index (Phi) is 4.29. The molecule has 2 heterocycles. The van der Waals surface area contributed by atoms with Gasteiger partial charge in [-0.2, -0.15) is 0 Å². The third-order valence-electron chi connectivity index (χ3n) is 3.51. The van der Waals surface area contributed by atoms with Gasteiger partial charge >= 0.3 is 5.97 Å². The van der Waals surface area contributed by atoms with E-state index >= 15 is 0 Å². The second kappa shape index (κ2) is 6.56. The Labute approximate surface area is 140 Å². The molecule has 0 aliphatic carbocycles. The van der Waals surface area contributed by atoms with Crippen LogP contribution in [0.2, 0.25) is 0 Å². The number of aliphatic carboxylic acids is 1. The van der Waals surface area contributed by atoms with Gasteiger partial charge in [-0.05, 0) is 25.1 Å². The molecule has 0 unspecified atom stereocenters. The first kappa shape index (κ1) is 16.4. The number of nitrogens with one attached hydrogen (secondary N) is 1. The van der Waals surface area contributed by atoms with Gasteiger partial charge in [0.2, 0.25) is 0 Å². The van der Waals surface area contributed by atoms with Crippen molar-refractivity contribution < 1.29 is 19.2 Å². The largest absolute Gasteiger partial charge is 0.481 e. The van der Waals surface area contributed by atoms with E-state index in [0.717, 1.165) is 0 Å². The molecular weight excluding hydrogens is 328 g/mol. The molecule has 0 saturated carbocycles. The minimum atomic E-state index is -1.00. The molecule has 3 aromatic rings. The van der Waals surface area contributed by atoms with Crippen molar-refractivity contribution in [2.45, 2.75) is 19.9 Å². The predicted molar refractivity (Wildman–Crippen MR) is 87.4 cm³/mol. The fraction of sp³-hybridized carbons (Fsp3) is 0.188. The molecule has 0 radical (unpaired) electrons. The number of amides is 1. The van der Waals surface area contributed by atoms with Crippen LogP contribution in [0.3, 0.4) is 0 Å². The van der Waals surface area contributed by atoms with E-state index in [9.17, 15) is 14.4 Å². The topological polar surface area (TPSA) is 127 Å². The molecule has 0 spiro atoms. The average Bonchev–Trinajstić information content (AvgIpc) is 3.01. The molecule has 2 N–H and O–H groups in total. The van der Waals surface area contributed by atoms with E-state index in [2.05, 4.69) is 15.5 Å². The Bertz CT molecular complexity index is 1020. The van der Waals surface area contributed by atoms with Crippen LogP contribution in [0.1, 0.15) is 22.7 Å². The number of hydrogen-bond donors (Lipinski definition) is 2. The van der Waals surface area contributed by atoms with Crippen LogP contribution in [0.5, 0.6) is 0 Å². The summed E-state index contributed by atoms with van der Waals surface area (Å²) in [7, 11) is 0. The van der Waals surface area contributed by atoms with Gasteiger partial charge in [0.25, 0.3) is 11.5 Å². The highest BCUT2D eigenvalue weighted by Crippen LogP contribution is 2.15. The first-order valence-electron chi connectivity index (χ1n) is 7.40. The van der Waals surface area contributed by atoms with Crippen molar-refractivity contribution in [3.05, 3.63) is 52.4 Å². The van der Waals surface area contributed by atoms with Crippen LogP contribution in [0, 0.1) is 6.92 Å². The first-order valence-corrected chi connectivity index (χ1v) is 7.40. The van der Waals surface area contributed by atoms with Gasteiger partial charge in [0.1, 0.15) is 5.76 Å². The Morgan fingerprint density at radius 2 is 2.12 bits per heavy atom. The summed E-state index contributed by atoms with van der Waals surface area (Å²) in [6.07, 6.45) is 1.12. The van der Waals surface area contributed by atoms with E-state index in [1.165, 1.54) is 23.0 Å². The van der Waals surface area contributed by atoms with Gasteiger partial charge in [-0.25, -0.2) is 4.98 Å². The molecule has 0 bridgehead atoms. The highest BCUT2D eigenvalue weighted by atomic mass is 16.5. The summed E-state index contributed by atoms with van der Waals surface area (Å²) in [6, 6.07) is 6.20. The van der Waals surface area contributed by atoms with Gasteiger partial charge in [-0.3, -0.25) is 19.0 Å². The van der Waals surface area contributed by atoms with Crippen LogP contribution in [0.15, 0.2) is 39.9 Å². The zero-order valence-corrected chi connectivity index (χ0v) is 13.2. The maximum atomic E-state index is 12.4. The number of carboxylic acid groups (broad SMARTS) is 1. The molecule has 0 aliphatic rings. The van der Waals surface area contributed by atoms with Gasteiger partial charge in [-0.15, -0.1) is 0 Å². The fourth-order valence-electron chi connectivity index (χ4n) is 2.28. The van der Waals surface area contributed by atoms with E-state index in [1.54, 1.807) is 19.1 Å². The van der Waals surface area contributed by atoms with E-state index in [0.29, 0.717) is 17.0 Å². The summed E-state index contributed by atoms with van der Waals surface area (Å²) >= 11 is 0. The van der Waals surface area contributed by atoms with Crippen molar-refractivity contribution in [2.24, 2.45) is 0 Å². The van der Waals surface area contributed by atoms with Crippen LogP contribution in [0.4, 0.5) is 5.69 Å². The number of carbonyl (C=O) groups is 2. The van der Waals surface area contributed by atoms with Crippen molar-refractivity contribution in [1.82, 2.24) is 14.7 Å². The molecule has 3 rings (SSSR count). The number of carboxylic acids is 1. The van der Waals surface area contributed by atoms with Gasteiger partial charge < -0.3 is 14.9 Å². The fourth-order valence-corrected chi connectivity index (χ4v) is 2.28. The quantitative estimate of drug-likeness (QED) is 0.717. The second-order valence-corrected chi connectivity index (χ2v) is 5.40. The number of rotatable bonds is 5. The highest BCUT2D eigenvalue weighted by molar-refractivity contribution is 6.03. The molecule has 2 aromatic heterocycles. The summed E-state index contributed by atoms with van der Waals surface area (Å²) < 4.78 is 6.08. The Morgan fingerprint density at radius 1 is 1.32 bits per heavy atom. The second-order valence-electron chi connectivity index (χ2n) is 5.40. The summed E-state index contributed by atoms with van der Waals surface area (Å²) in [4.78, 5) is 39.3. The number of fused-ring (bicyclic) bond motifs is 1. The standard InChI is InChI=1S/C16H14N4O5/c1-9-6-13(19-25-9)15(23)18-10-2-3-12-11(7-10)16(24)20(8-17-12)5-4-14(21)22/h2-3,6-8H,4-5H2,1H3,(H,18,23)(H,21,22). The minimum Gasteiger partial charge on any atom is -0.481 e. The van der Waals surface area contributed by atoms with Gasteiger partial charge in [0, 0.05) is 18.3 Å². The van der Waals surface area contributed by atoms with E-state index < -0.39 is 11.9 Å². The third-order valence-corrected chi connectivity index (χ3v) is 3.51. The number of anilines is 1. The third kappa shape index (κ3) is 3.55. The zero-order valence-electron chi connectivity index (χ0n) is 13.2. The molecule has 0 atom stereocenters. The van der Waals surface area contributed by atoms with Crippen LogP contribution < -0.4 is 10.9 Å². The Morgan fingerprint density at radius 3 is 2.80 bits per heavy atom. The lowest BCUT2D eigenvalue weighted by Crippen LogP contribution is -2.22. The zero-order chi connectivity index (χ0) is 18.0. The SMILES string of the molecule is Cc1cc(C(=O)Nc2ccc3ncn(CCC(=O)O)c(=O)c3c2)no1. The molecule has 9 nitrogen and oxygen atoms in total. The molecule has 9 heteroatoms. The van der Waals surface area contributed by atoms with Gasteiger partial charge in [0.05, 0.1) is 23.7 Å². The Balaban J connectivity index is 1.90. The number of nitrogens with zero attached hydrogens (tertiary/aromatic N) is 3. The van der Waals surface area contributed by atoms with Crippen molar-refractivity contribution in [2.75, 3.05) is 5.32 Å². The molecule has 0 fully saturated rings. The maximum Gasteiger partial charge on any atom is 0.305 e. The smallest absolute Gasteiger partial charge is 0.305 e. The number of aryl methyl sites for hydroxylation is 2. The number of aromatic nitrogens is 3. The summed E-state index contributed by atoms with van der Waals surface area (Å²) in [5, 5.41) is 15.3. The Hall–Kier alpha value is -3.49. The van der Waals surface area contributed by atoms with Crippen LogP contribution in [0.25, 0.3) is 10.9 Å². The van der Waals surface area contributed by atoms with Gasteiger partial charge in [0.15, 0.2) is 5.69 Å². The van der Waals surface area contributed by atoms with E-state index in [4.69, 9.17) is 9.63 Å². The van der Waals surface area contributed by atoms with E-state index in [1.807, 2.05) is 0 Å². The maximum absolute atomic E-state index is 12.4.